The third-order valence-electron chi connectivity index (χ3n) is 3.01. The maximum Gasteiger partial charge on any atom is 0.250 e. The van der Waals surface area contributed by atoms with Crippen LogP contribution in [0.3, 0.4) is 0 Å². The SMILES string of the molecule is Nc1nc(N/N=C/c2ccccc2)nc(N/N=C/c2ccccc2)n1. The number of benzene rings is 2. The molecule has 2 aromatic carbocycles. The van der Waals surface area contributed by atoms with Crippen LogP contribution in [-0.4, -0.2) is 27.4 Å². The van der Waals surface area contributed by atoms with E-state index in [9.17, 15) is 0 Å². The van der Waals surface area contributed by atoms with E-state index in [0.717, 1.165) is 11.1 Å². The Morgan fingerprint density at radius 3 is 1.56 bits per heavy atom. The highest BCUT2D eigenvalue weighted by molar-refractivity contribution is 5.80. The third-order valence-corrected chi connectivity index (χ3v) is 3.01. The number of rotatable bonds is 6. The molecule has 8 heteroatoms. The summed E-state index contributed by atoms with van der Waals surface area (Å²) in [7, 11) is 0. The van der Waals surface area contributed by atoms with Crippen molar-refractivity contribution in [3.8, 4) is 0 Å². The van der Waals surface area contributed by atoms with Crippen molar-refractivity contribution in [2.45, 2.75) is 0 Å². The Kier molecular flexibility index (Phi) is 5.24. The van der Waals surface area contributed by atoms with Crippen LogP contribution >= 0.6 is 0 Å². The zero-order valence-electron chi connectivity index (χ0n) is 13.2. The molecular formula is C17H16N8. The van der Waals surface area contributed by atoms with Gasteiger partial charge >= 0.3 is 0 Å². The molecule has 0 aliphatic rings. The van der Waals surface area contributed by atoms with Crippen LogP contribution in [0.2, 0.25) is 0 Å². The molecule has 0 atom stereocenters. The van der Waals surface area contributed by atoms with Gasteiger partial charge in [-0.15, -0.1) is 0 Å². The number of hydrogen-bond acceptors (Lipinski definition) is 8. The van der Waals surface area contributed by atoms with Crippen LogP contribution in [-0.2, 0) is 0 Å². The van der Waals surface area contributed by atoms with Gasteiger partial charge in [-0.1, -0.05) is 60.7 Å². The summed E-state index contributed by atoms with van der Waals surface area (Å²) in [6.45, 7) is 0. The van der Waals surface area contributed by atoms with Crippen LogP contribution in [0, 0.1) is 0 Å². The van der Waals surface area contributed by atoms with Gasteiger partial charge in [-0.05, 0) is 11.1 Å². The molecule has 3 rings (SSSR count). The zero-order chi connectivity index (χ0) is 17.3. The minimum Gasteiger partial charge on any atom is -0.368 e. The zero-order valence-corrected chi connectivity index (χ0v) is 13.2. The van der Waals surface area contributed by atoms with Crippen LogP contribution in [0.5, 0.6) is 0 Å². The number of nitrogens with two attached hydrogens (primary N) is 1. The van der Waals surface area contributed by atoms with Crippen molar-refractivity contribution in [3.05, 3.63) is 71.8 Å². The van der Waals surface area contributed by atoms with Crippen molar-refractivity contribution >= 4 is 30.3 Å². The third kappa shape index (κ3) is 5.10. The Balaban J connectivity index is 1.64. The molecule has 0 aliphatic heterocycles. The number of hydrogen-bond donors (Lipinski definition) is 3. The monoisotopic (exact) mass is 332 g/mol. The maximum atomic E-state index is 5.68. The fourth-order valence-electron chi connectivity index (χ4n) is 1.90. The number of hydrazone groups is 2. The van der Waals surface area contributed by atoms with Crippen LogP contribution in [0.1, 0.15) is 11.1 Å². The quantitative estimate of drug-likeness (QED) is 0.471. The Bertz CT molecular complexity index is 793. The fourth-order valence-corrected chi connectivity index (χ4v) is 1.90. The summed E-state index contributed by atoms with van der Waals surface area (Å²) >= 11 is 0. The maximum absolute atomic E-state index is 5.68. The molecule has 0 unspecified atom stereocenters. The summed E-state index contributed by atoms with van der Waals surface area (Å²) in [5, 5.41) is 8.14. The van der Waals surface area contributed by atoms with Gasteiger partial charge in [-0.25, -0.2) is 10.9 Å². The highest BCUT2D eigenvalue weighted by Crippen LogP contribution is 2.07. The molecular weight excluding hydrogens is 316 g/mol. The van der Waals surface area contributed by atoms with Gasteiger partial charge in [0.25, 0.3) is 0 Å². The highest BCUT2D eigenvalue weighted by Gasteiger charge is 2.02. The van der Waals surface area contributed by atoms with E-state index in [1.54, 1.807) is 12.4 Å². The first-order chi connectivity index (χ1) is 12.3. The van der Waals surface area contributed by atoms with Gasteiger partial charge in [0.2, 0.25) is 17.8 Å². The second kappa shape index (κ2) is 8.16. The van der Waals surface area contributed by atoms with Gasteiger partial charge in [0.1, 0.15) is 0 Å². The van der Waals surface area contributed by atoms with Gasteiger partial charge in [0, 0.05) is 0 Å². The van der Waals surface area contributed by atoms with E-state index in [1.165, 1.54) is 0 Å². The lowest BCUT2D eigenvalue weighted by atomic mass is 10.2. The molecule has 0 bridgehead atoms. The normalized spacial score (nSPS) is 11.0. The number of nitrogen functional groups attached to an aromatic ring is 1. The van der Waals surface area contributed by atoms with Crippen LogP contribution in [0.25, 0.3) is 0 Å². The van der Waals surface area contributed by atoms with Crippen molar-refractivity contribution in [3.63, 3.8) is 0 Å². The van der Waals surface area contributed by atoms with Crippen LogP contribution in [0.4, 0.5) is 17.8 Å². The average Bonchev–Trinajstić information content (AvgIpc) is 2.63. The first-order valence-corrected chi connectivity index (χ1v) is 7.49. The molecule has 0 fully saturated rings. The molecule has 8 nitrogen and oxygen atoms in total. The first kappa shape index (κ1) is 16.1. The van der Waals surface area contributed by atoms with Gasteiger partial charge in [-0.2, -0.15) is 25.2 Å². The molecule has 4 N–H and O–H groups in total. The Hall–Kier alpha value is -3.81. The van der Waals surface area contributed by atoms with Crippen LogP contribution in [0.15, 0.2) is 70.9 Å². The van der Waals surface area contributed by atoms with Gasteiger partial charge in [0.15, 0.2) is 0 Å². The van der Waals surface area contributed by atoms with E-state index >= 15 is 0 Å². The van der Waals surface area contributed by atoms with Crippen molar-refractivity contribution in [1.82, 2.24) is 15.0 Å². The fraction of sp³-hybridized carbons (Fsp3) is 0. The van der Waals surface area contributed by atoms with E-state index in [1.807, 2.05) is 60.7 Å². The van der Waals surface area contributed by atoms with E-state index in [-0.39, 0.29) is 17.8 Å². The lowest BCUT2D eigenvalue weighted by molar-refractivity contribution is 1.03. The van der Waals surface area contributed by atoms with Crippen LogP contribution < -0.4 is 16.6 Å². The molecule has 1 aromatic heterocycles. The van der Waals surface area contributed by atoms with E-state index < -0.39 is 0 Å². The van der Waals surface area contributed by atoms with Crippen molar-refractivity contribution < 1.29 is 0 Å². The van der Waals surface area contributed by atoms with E-state index in [2.05, 4.69) is 36.0 Å². The standard InChI is InChI=1S/C17H16N8/c18-15-21-16(24-19-11-13-7-3-1-4-8-13)23-17(22-15)25-20-12-14-9-5-2-6-10-14/h1-12H,(H4,18,21,22,23,24,25)/b19-11+,20-12+. The molecule has 25 heavy (non-hydrogen) atoms. The lowest BCUT2D eigenvalue weighted by Gasteiger charge is -2.03. The van der Waals surface area contributed by atoms with Gasteiger partial charge in [-0.3, -0.25) is 0 Å². The second-order valence-electron chi connectivity index (χ2n) is 4.90. The summed E-state index contributed by atoms with van der Waals surface area (Å²) in [5.41, 5.74) is 13.0. The molecule has 0 saturated carbocycles. The second-order valence-corrected chi connectivity index (χ2v) is 4.90. The Morgan fingerprint density at radius 1 is 0.680 bits per heavy atom. The summed E-state index contributed by atoms with van der Waals surface area (Å²) in [4.78, 5) is 12.1. The molecule has 0 saturated heterocycles. The van der Waals surface area contributed by atoms with Crippen molar-refractivity contribution in [2.24, 2.45) is 10.2 Å². The predicted molar refractivity (Wildman–Crippen MR) is 99.6 cm³/mol. The smallest absolute Gasteiger partial charge is 0.250 e. The van der Waals surface area contributed by atoms with Crippen molar-refractivity contribution in [2.75, 3.05) is 16.6 Å². The molecule has 1 heterocycles. The first-order valence-electron chi connectivity index (χ1n) is 7.49. The molecule has 3 aromatic rings. The number of nitrogens with one attached hydrogen (secondary N) is 2. The van der Waals surface area contributed by atoms with E-state index in [4.69, 9.17) is 5.73 Å². The molecule has 0 amide bonds. The Morgan fingerprint density at radius 2 is 1.12 bits per heavy atom. The topological polar surface area (TPSA) is 113 Å². The minimum atomic E-state index is 0.0600. The van der Waals surface area contributed by atoms with Gasteiger partial charge < -0.3 is 5.73 Å². The number of aromatic nitrogens is 3. The van der Waals surface area contributed by atoms with Crippen molar-refractivity contribution in [1.29, 1.82) is 0 Å². The predicted octanol–water partition coefficient (Wildman–Crippen LogP) is 2.35. The highest BCUT2D eigenvalue weighted by atomic mass is 15.4. The molecule has 0 aliphatic carbocycles. The molecule has 0 spiro atoms. The minimum absolute atomic E-state index is 0.0600. The number of anilines is 3. The largest absolute Gasteiger partial charge is 0.368 e. The average molecular weight is 332 g/mol. The van der Waals surface area contributed by atoms with Gasteiger partial charge in [0.05, 0.1) is 12.4 Å². The summed E-state index contributed by atoms with van der Waals surface area (Å²) in [5.74, 6) is 0.499. The number of nitrogens with zero attached hydrogens (tertiary/aromatic N) is 5. The summed E-state index contributed by atoms with van der Waals surface area (Å²) in [6, 6.07) is 19.3. The molecule has 0 radical (unpaired) electrons. The summed E-state index contributed by atoms with van der Waals surface area (Å²) < 4.78 is 0. The Labute approximate surface area is 144 Å². The lowest BCUT2D eigenvalue weighted by Crippen LogP contribution is -2.06. The van der Waals surface area contributed by atoms with E-state index in [0.29, 0.717) is 0 Å². The summed E-state index contributed by atoms with van der Waals surface area (Å²) in [6.07, 6.45) is 3.31. The molecule has 124 valence electrons.